The van der Waals surface area contributed by atoms with Crippen molar-refractivity contribution in [2.45, 2.75) is 69.9 Å². The quantitative estimate of drug-likeness (QED) is 0.400. The molecule has 4 rings (SSSR count). The lowest BCUT2D eigenvalue weighted by Crippen LogP contribution is -2.49. The number of sulfonamides is 1. The number of carboxylic acid groups (broad SMARTS) is 1. The van der Waals surface area contributed by atoms with Crippen LogP contribution in [0.15, 0.2) is 12.1 Å². The van der Waals surface area contributed by atoms with Crippen LogP contribution in [0.5, 0.6) is 0 Å². The third kappa shape index (κ3) is 7.17. The number of anilines is 1. The molecule has 1 saturated heterocycles. The number of aryl methyl sites for hydroxylation is 2. The van der Waals surface area contributed by atoms with E-state index in [9.17, 15) is 23.1 Å². The van der Waals surface area contributed by atoms with Gasteiger partial charge in [-0.2, -0.15) is 0 Å². The number of amides is 1. The van der Waals surface area contributed by atoms with E-state index in [4.69, 9.17) is 9.72 Å². The van der Waals surface area contributed by atoms with Gasteiger partial charge in [0.25, 0.3) is 0 Å². The van der Waals surface area contributed by atoms with Crippen molar-refractivity contribution < 1.29 is 27.9 Å². The second kappa shape index (κ2) is 11.9. The van der Waals surface area contributed by atoms with E-state index in [0.717, 1.165) is 62.8 Å². The van der Waals surface area contributed by atoms with Crippen molar-refractivity contribution in [3.05, 3.63) is 23.4 Å². The molecule has 2 fully saturated rings. The summed E-state index contributed by atoms with van der Waals surface area (Å²) in [6.45, 7) is 1.73. The first-order valence-electron chi connectivity index (χ1n) is 13.0. The summed E-state index contributed by atoms with van der Waals surface area (Å²) in [6, 6.07) is 3.26. The number of ether oxygens (including phenoxy) is 1. The first-order valence-corrected chi connectivity index (χ1v) is 14.9. The SMILES string of the molecule is CS(=O)(=O)N1CCCC(C(=O)NC(CCOC2CC(CCc3ccc4c(n3)NCCC4)C2)C(=O)O)C1. The molecular formula is C25H38N4O6S. The van der Waals surface area contributed by atoms with Crippen LogP contribution in [0, 0.1) is 11.8 Å². The van der Waals surface area contributed by atoms with Crippen LogP contribution in [-0.4, -0.2) is 79.3 Å². The van der Waals surface area contributed by atoms with Gasteiger partial charge < -0.3 is 20.5 Å². The molecule has 2 atom stereocenters. The van der Waals surface area contributed by atoms with Crippen LogP contribution in [0.3, 0.4) is 0 Å². The van der Waals surface area contributed by atoms with Gasteiger partial charge in [0.2, 0.25) is 15.9 Å². The summed E-state index contributed by atoms with van der Waals surface area (Å²) in [5.41, 5.74) is 2.41. The standard InChI is InChI=1S/C25H38N4O6S/c1-36(33,34)29-12-3-5-19(16-29)24(30)28-22(25(31)32)10-13-35-21-14-17(15-21)6-8-20-9-7-18-4-2-11-26-23(18)27-20/h7,9,17,19,21-22H,2-6,8,10-16H2,1H3,(H,26,27)(H,28,30)(H,31,32). The van der Waals surface area contributed by atoms with Crippen molar-refractivity contribution in [1.29, 1.82) is 0 Å². The lowest BCUT2D eigenvalue weighted by molar-refractivity contribution is -0.143. The number of piperidine rings is 1. The zero-order valence-corrected chi connectivity index (χ0v) is 21.8. The van der Waals surface area contributed by atoms with E-state index in [1.54, 1.807) is 0 Å². The number of carbonyl (C=O) groups excluding carboxylic acids is 1. The fourth-order valence-electron chi connectivity index (χ4n) is 5.26. The normalized spacial score (nSPS) is 25.2. The molecule has 0 spiro atoms. The number of aromatic nitrogens is 1. The van der Waals surface area contributed by atoms with E-state index < -0.39 is 33.9 Å². The Hall–Kier alpha value is -2.24. The number of nitrogens with one attached hydrogen (secondary N) is 2. The first-order chi connectivity index (χ1) is 17.2. The fraction of sp³-hybridized carbons (Fsp3) is 0.720. The molecule has 11 heteroatoms. The molecule has 3 aliphatic rings. The molecule has 0 aromatic carbocycles. The number of aliphatic carboxylic acids is 1. The molecular weight excluding hydrogens is 484 g/mol. The number of hydrogen-bond acceptors (Lipinski definition) is 7. The summed E-state index contributed by atoms with van der Waals surface area (Å²) in [4.78, 5) is 29.0. The summed E-state index contributed by atoms with van der Waals surface area (Å²) in [6.07, 6.45) is 8.70. The molecule has 1 aliphatic carbocycles. The van der Waals surface area contributed by atoms with E-state index >= 15 is 0 Å². The van der Waals surface area contributed by atoms with Gasteiger partial charge in [-0.15, -0.1) is 0 Å². The summed E-state index contributed by atoms with van der Waals surface area (Å²) in [5.74, 6) is -0.444. The van der Waals surface area contributed by atoms with Crippen molar-refractivity contribution >= 4 is 27.7 Å². The van der Waals surface area contributed by atoms with Gasteiger partial charge in [0, 0.05) is 38.4 Å². The molecule has 1 amide bonds. The predicted molar refractivity (Wildman–Crippen MR) is 135 cm³/mol. The van der Waals surface area contributed by atoms with Gasteiger partial charge in [0.1, 0.15) is 11.9 Å². The highest BCUT2D eigenvalue weighted by molar-refractivity contribution is 7.88. The van der Waals surface area contributed by atoms with Crippen LogP contribution in [-0.2, 0) is 37.2 Å². The Bertz CT molecular complexity index is 1040. The summed E-state index contributed by atoms with van der Waals surface area (Å²) < 4.78 is 30.7. The molecule has 1 saturated carbocycles. The monoisotopic (exact) mass is 522 g/mol. The first kappa shape index (κ1) is 26.8. The van der Waals surface area contributed by atoms with Gasteiger partial charge in [0.15, 0.2) is 0 Å². The Labute approximate surface area is 213 Å². The second-order valence-corrected chi connectivity index (χ2v) is 12.3. The Morgan fingerprint density at radius 1 is 1.31 bits per heavy atom. The molecule has 1 aromatic rings. The zero-order valence-electron chi connectivity index (χ0n) is 20.9. The smallest absolute Gasteiger partial charge is 0.326 e. The minimum Gasteiger partial charge on any atom is -0.480 e. The van der Waals surface area contributed by atoms with Crippen LogP contribution in [0.25, 0.3) is 0 Å². The van der Waals surface area contributed by atoms with Crippen molar-refractivity contribution in [3.8, 4) is 0 Å². The minimum atomic E-state index is -3.38. The number of hydrogen-bond donors (Lipinski definition) is 3. The van der Waals surface area contributed by atoms with Crippen LogP contribution in [0.4, 0.5) is 5.82 Å². The Morgan fingerprint density at radius 2 is 2.11 bits per heavy atom. The van der Waals surface area contributed by atoms with E-state index in [-0.39, 0.29) is 25.7 Å². The molecule has 0 bridgehead atoms. The van der Waals surface area contributed by atoms with Crippen LogP contribution in [0.1, 0.15) is 56.2 Å². The minimum absolute atomic E-state index is 0.0917. The molecule has 3 N–H and O–H groups in total. The molecule has 10 nitrogen and oxygen atoms in total. The average Bonchev–Trinajstić information content (AvgIpc) is 2.83. The molecule has 3 heterocycles. The largest absolute Gasteiger partial charge is 0.480 e. The number of fused-ring (bicyclic) bond motifs is 1. The van der Waals surface area contributed by atoms with Gasteiger partial charge in [-0.05, 0) is 68.9 Å². The van der Waals surface area contributed by atoms with Crippen LogP contribution < -0.4 is 10.6 Å². The number of pyridine rings is 1. The maximum atomic E-state index is 12.6. The lowest BCUT2D eigenvalue weighted by Gasteiger charge is -2.35. The molecule has 1 aromatic heterocycles. The van der Waals surface area contributed by atoms with E-state index in [1.807, 2.05) is 0 Å². The van der Waals surface area contributed by atoms with E-state index in [2.05, 4.69) is 22.8 Å². The summed E-state index contributed by atoms with van der Waals surface area (Å²) >= 11 is 0. The van der Waals surface area contributed by atoms with Gasteiger partial charge in [-0.25, -0.2) is 22.5 Å². The Morgan fingerprint density at radius 3 is 2.86 bits per heavy atom. The van der Waals surface area contributed by atoms with Crippen molar-refractivity contribution in [3.63, 3.8) is 0 Å². The van der Waals surface area contributed by atoms with Gasteiger partial charge in [-0.1, -0.05) is 6.07 Å². The fourth-order valence-corrected chi connectivity index (χ4v) is 6.18. The van der Waals surface area contributed by atoms with Gasteiger partial charge in [-0.3, -0.25) is 4.79 Å². The molecule has 200 valence electrons. The number of carbonyl (C=O) groups is 2. The summed E-state index contributed by atoms with van der Waals surface area (Å²) in [7, 11) is -3.38. The lowest BCUT2D eigenvalue weighted by atomic mass is 9.79. The Balaban J connectivity index is 1.14. The number of nitrogens with zero attached hydrogens (tertiary/aromatic N) is 2. The van der Waals surface area contributed by atoms with Gasteiger partial charge >= 0.3 is 5.97 Å². The Kier molecular flexibility index (Phi) is 8.84. The van der Waals surface area contributed by atoms with Crippen molar-refractivity contribution in [2.75, 3.05) is 37.8 Å². The summed E-state index contributed by atoms with van der Waals surface area (Å²) in [5, 5.41) is 15.5. The highest BCUT2D eigenvalue weighted by atomic mass is 32.2. The third-order valence-electron chi connectivity index (χ3n) is 7.55. The molecule has 2 aliphatic heterocycles. The maximum Gasteiger partial charge on any atom is 0.326 e. The third-order valence-corrected chi connectivity index (χ3v) is 8.82. The molecule has 36 heavy (non-hydrogen) atoms. The van der Waals surface area contributed by atoms with Crippen molar-refractivity contribution in [1.82, 2.24) is 14.6 Å². The predicted octanol–water partition coefficient (Wildman–Crippen LogP) is 1.80. The molecule has 2 unspecified atom stereocenters. The van der Waals surface area contributed by atoms with E-state index in [0.29, 0.717) is 25.3 Å². The van der Waals surface area contributed by atoms with Crippen molar-refractivity contribution in [2.24, 2.45) is 11.8 Å². The maximum absolute atomic E-state index is 12.6. The molecule has 0 radical (unpaired) electrons. The van der Waals surface area contributed by atoms with Crippen LogP contribution >= 0.6 is 0 Å². The highest BCUT2D eigenvalue weighted by Crippen LogP contribution is 2.34. The second-order valence-electron chi connectivity index (χ2n) is 10.4. The average molecular weight is 523 g/mol. The topological polar surface area (TPSA) is 138 Å². The van der Waals surface area contributed by atoms with E-state index in [1.165, 1.54) is 9.87 Å². The van der Waals surface area contributed by atoms with Gasteiger partial charge in [0.05, 0.1) is 18.3 Å². The number of rotatable bonds is 11. The highest BCUT2D eigenvalue weighted by Gasteiger charge is 2.33. The van der Waals surface area contributed by atoms with Crippen LogP contribution in [0.2, 0.25) is 0 Å². The number of carboxylic acids is 1. The zero-order chi connectivity index (χ0) is 25.7.